The highest BCUT2D eigenvalue weighted by atomic mass is 16.7. The molecule has 1 saturated carbocycles. The molecule has 2 rings (SSSR count). The average molecular weight is 316 g/mol. The van der Waals surface area contributed by atoms with Gasteiger partial charge in [0, 0.05) is 11.8 Å². The minimum absolute atomic E-state index is 0.517. The Morgan fingerprint density at radius 2 is 2.14 bits per heavy atom. The maximum Gasteiger partial charge on any atom is 0.304 e. The predicted molar refractivity (Wildman–Crippen MR) is 67.6 cm³/mol. The Bertz CT molecular complexity index is 523. The van der Waals surface area contributed by atoms with E-state index in [9.17, 15) is 24.9 Å². The van der Waals surface area contributed by atoms with Gasteiger partial charge in [0.25, 0.3) is 0 Å². The van der Waals surface area contributed by atoms with Crippen LogP contribution < -0.4 is 5.32 Å². The number of nitrogens with zero attached hydrogens (tertiary/aromatic N) is 3. The zero-order chi connectivity index (χ0) is 16.5. The van der Waals surface area contributed by atoms with Crippen LogP contribution >= 0.6 is 0 Å². The van der Waals surface area contributed by atoms with Crippen LogP contribution in [0.3, 0.4) is 0 Å². The van der Waals surface area contributed by atoms with Crippen molar-refractivity contribution in [1.29, 1.82) is 0 Å². The number of aliphatic hydroxyl groups is 3. The van der Waals surface area contributed by atoms with Crippen molar-refractivity contribution in [1.82, 2.24) is 5.32 Å². The third-order valence-corrected chi connectivity index (χ3v) is 3.87. The normalized spacial score (nSPS) is 39.2. The first-order valence-electron chi connectivity index (χ1n) is 6.51. The summed E-state index contributed by atoms with van der Waals surface area (Å²) in [6.45, 7) is 0.0467. The number of hydrogen-bond acceptors (Lipinski definition) is 8. The second kappa shape index (κ2) is 6.07. The van der Waals surface area contributed by atoms with E-state index in [4.69, 9.17) is 15.0 Å². The molecule has 11 heteroatoms. The number of azide groups is 1. The number of carbonyl (C=O) groups is 2. The molecule has 11 nitrogen and oxygen atoms in total. The molecule has 6 atom stereocenters. The highest BCUT2D eigenvalue weighted by Gasteiger charge is 2.72. The maximum absolute atomic E-state index is 11.7. The topological polar surface area (TPSA) is 174 Å². The Morgan fingerprint density at radius 1 is 1.45 bits per heavy atom. The largest absolute Gasteiger partial charge is 0.435 e. The monoisotopic (exact) mass is 316 g/mol. The van der Waals surface area contributed by atoms with Crippen LogP contribution in [0.25, 0.3) is 10.4 Å². The van der Waals surface area contributed by atoms with Crippen LogP contribution in [0.15, 0.2) is 5.11 Å². The van der Waals surface area contributed by atoms with E-state index in [0.717, 1.165) is 6.92 Å². The highest BCUT2D eigenvalue weighted by molar-refractivity contribution is 5.79. The molecule has 1 amide bonds. The third kappa shape index (κ3) is 2.49. The molecule has 1 heterocycles. The Balaban J connectivity index is 2.22. The standard InChI is InChI=1S/C11H16N4O7/c1-4(17)21-10-7-9(20)8(19)5(3-16)11(7,22-10)14-6(18)2-13-15-12/h5,7-10,16,19-20H,2-3H2,1H3,(H,14,18). The second-order valence-corrected chi connectivity index (χ2v) is 5.12. The van der Waals surface area contributed by atoms with E-state index >= 15 is 0 Å². The summed E-state index contributed by atoms with van der Waals surface area (Å²) < 4.78 is 10.2. The van der Waals surface area contributed by atoms with E-state index in [1.54, 1.807) is 0 Å². The molecule has 2 fully saturated rings. The Morgan fingerprint density at radius 3 is 2.68 bits per heavy atom. The van der Waals surface area contributed by atoms with Crippen LogP contribution in [-0.2, 0) is 19.1 Å². The van der Waals surface area contributed by atoms with Crippen molar-refractivity contribution >= 4 is 11.9 Å². The summed E-state index contributed by atoms with van der Waals surface area (Å²) in [7, 11) is 0. The van der Waals surface area contributed by atoms with Crippen molar-refractivity contribution < 1.29 is 34.4 Å². The number of carbonyl (C=O) groups excluding carboxylic acids is 2. The summed E-state index contributed by atoms with van der Waals surface area (Å²) in [5.74, 6) is -3.34. The van der Waals surface area contributed by atoms with E-state index in [-0.39, 0.29) is 0 Å². The molecule has 0 aromatic rings. The maximum atomic E-state index is 11.7. The van der Waals surface area contributed by atoms with Crippen molar-refractivity contribution in [2.45, 2.75) is 31.1 Å². The van der Waals surface area contributed by atoms with Crippen LogP contribution in [0.1, 0.15) is 6.92 Å². The van der Waals surface area contributed by atoms with E-state index in [0.29, 0.717) is 0 Å². The summed E-state index contributed by atoms with van der Waals surface area (Å²) in [5.41, 5.74) is 6.61. The molecular weight excluding hydrogens is 300 g/mol. The van der Waals surface area contributed by atoms with Gasteiger partial charge in [0.1, 0.15) is 6.54 Å². The number of amides is 1. The lowest BCUT2D eigenvalue weighted by Gasteiger charge is -2.52. The Hall–Kier alpha value is -1.91. The molecule has 0 aromatic heterocycles. The lowest BCUT2D eigenvalue weighted by Crippen LogP contribution is -2.72. The van der Waals surface area contributed by atoms with Gasteiger partial charge in [-0.1, -0.05) is 5.11 Å². The number of esters is 1. The van der Waals surface area contributed by atoms with Crippen molar-refractivity contribution in [2.24, 2.45) is 17.0 Å². The van der Waals surface area contributed by atoms with Gasteiger partial charge in [0.05, 0.1) is 30.7 Å². The minimum atomic E-state index is -1.59. The lowest BCUT2D eigenvalue weighted by atomic mass is 9.85. The number of fused-ring (bicyclic) bond motifs is 1. The zero-order valence-corrected chi connectivity index (χ0v) is 11.6. The predicted octanol–water partition coefficient (Wildman–Crippen LogP) is -2.01. The smallest absolute Gasteiger partial charge is 0.304 e. The van der Waals surface area contributed by atoms with Gasteiger partial charge in [-0.15, -0.1) is 0 Å². The molecule has 22 heavy (non-hydrogen) atoms. The van der Waals surface area contributed by atoms with E-state index < -0.39 is 61.1 Å². The number of aliphatic hydroxyl groups excluding tert-OH is 3. The third-order valence-electron chi connectivity index (χ3n) is 3.87. The van der Waals surface area contributed by atoms with Gasteiger partial charge in [-0.25, -0.2) is 0 Å². The minimum Gasteiger partial charge on any atom is -0.435 e. The van der Waals surface area contributed by atoms with Crippen LogP contribution in [0, 0.1) is 11.8 Å². The van der Waals surface area contributed by atoms with Gasteiger partial charge in [-0.3, -0.25) is 9.59 Å². The van der Waals surface area contributed by atoms with Gasteiger partial charge < -0.3 is 30.1 Å². The quantitative estimate of drug-likeness (QED) is 0.196. The molecule has 122 valence electrons. The van der Waals surface area contributed by atoms with E-state index in [1.807, 2.05) is 0 Å². The number of rotatable bonds is 5. The lowest BCUT2D eigenvalue weighted by molar-refractivity contribution is -0.360. The molecule has 6 unspecified atom stereocenters. The van der Waals surface area contributed by atoms with Gasteiger partial charge >= 0.3 is 5.97 Å². The molecule has 0 aromatic carbocycles. The highest BCUT2D eigenvalue weighted by Crippen LogP contribution is 2.53. The molecule has 1 aliphatic carbocycles. The van der Waals surface area contributed by atoms with Crippen molar-refractivity contribution in [3.8, 4) is 0 Å². The second-order valence-electron chi connectivity index (χ2n) is 5.12. The van der Waals surface area contributed by atoms with E-state index in [2.05, 4.69) is 15.3 Å². The molecule has 2 aliphatic rings. The fraction of sp³-hybridized carbons (Fsp3) is 0.818. The summed E-state index contributed by atoms with van der Waals surface area (Å²) >= 11 is 0. The number of hydrogen-bond donors (Lipinski definition) is 4. The van der Waals surface area contributed by atoms with Crippen LogP contribution in [0.5, 0.6) is 0 Å². The van der Waals surface area contributed by atoms with Crippen LogP contribution in [-0.4, -0.2) is 64.6 Å². The van der Waals surface area contributed by atoms with Gasteiger partial charge in [0.2, 0.25) is 12.2 Å². The Labute approximate surface area is 124 Å². The summed E-state index contributed by atoms with van der Waals surface area (Å²) in [5, 5.41) is 34.9. The Kier molecular flexibility index (Phi) is 4.54. The fourth-order valence-electron chi connectivity index (χ4n) is 2.99. The van der Waals surface area contributed by atoms with E-state index in [1.165, 1.54) is 0 Å². The van der Waals surface area contributed by atoms with Gasteiger partial charge in [0.15, 0.2) is 5.72 Å². The van der Waals surface area contributed by atoms with Crippen molar-refractivity contribution in [2.75, 3.05) is 13.2 Å². The molecule has 4 N–H and O–H groups in total. The first-order valence-corrected chi connectivity index (χ1v) is 6.51. The zero-order valence-electron chi connectivity index (χ0n) is 11.6. The molecule has 0 bridgehead atoms. The van der Waals surface area contributed by atoms with Crippen LogP contribution in [0.4, 0.5) is 0 Å². The van der Waals surface area contributed by atoms with Crippen molar-refractivity contribution in [3.63, 3.8) is 0 Å². The molecule has 0 radical (unpaired) electrons. The first-order chi connectivity index (χ1) is 10.4. The first kappa shape index (κ1) is 16.5. The summed E-state index contributed by atoms with van der Waals surface area (Å²) in [6, 6.07) is 0. The molecule has 1 aliphatic heterocycles. The van der Waals surface area contributed by atoms with Gasteiger partial charge in [-0.05, 0) is 5.53 Å². The summed E-state index contributed by atoms with van der Waals surface area (Å²) in [4.78, 5) is 25.2. The van der Waals surface area contributed by atoms with Gasteiger partial charge in [-0.2, -0.15) is 0 Å². The SMILES string of the molecule is CC(=O)OC1OC2(NC(=O)CN=[N+]=[N-])C(CO)C(O)C(O)C12. The molecule has 1 saturated heterocycles. The fourth-order valence-corrected chi connectivity index (χ4v) is 2.99. The van der Waals surface area contributed by atoms with Crippen molar-refractivity contribution in [3.05, 3.63) is 10.4 Å². The number of nitrogens with one attached hydrogen (secondary N) is 1. The summed E-state index contributed by atoms with van der Waals surface area (Å²) in [6.07, 6.45) is -3.90. The average Bonchev–Trinajstić information content (AvgIpc) is 2.58. The van der Waals surface area contributed by atoms with Crippen LogP contribution in [0.2, 0.25) is 0 Å². The molecular formula is C11H16N4O7. The molecule has 0 spiro atoms. The number of ether oxygens (including phenoxy) is 2.